The Morgan fingerprint density at radius 1 is 1.33 bits per heavy atom. The van der Waals surface area contributed by atoms with Gasteiger partial charge in [-0.25, -0.2) is 0 Å². The highest BCUT2D eigenvalue weighted by molar-refractivity contribution is 5.47. The van der Waals surface area contributed by atoms with Crippen molar-refractivity contribution in [2.45, 2.75) is 6.54 Å². The van der Waals surface area contributed by atoms with Gasteiger partial charge in [-0.05, 0) is 6.07 Å². The Kier molecular flexibility index (Phi) is 3.08. The van der Waals surface area contributed by atoms with Gasteiger partial charge in [-0.15, -0.1) is 0 Å². The van der Waals surface area contributed by atoms with Crippen molar-refractivity contribution in [3.63, 3.8) is 0 Å². The molecule has 0 amide bonds. The third-order valence-corrected chi connectivity index (χ3v) is 2.71. The number of nitrogen functional groups attached to an aromatic ring is 1. The van der Waals surface area contributed by atoms with Crippen LogP contribution in [0.4, 0.5) is 5.69 Å². The number of benzene rings is 1. The molecular weight excluding hydrogens is 190 g/mol. The third-order valence-electron chi connectivity index (χ3n) is 2.71. The van der Waals surface area contributed by atoms with E-state index < -0.39 is 0 Å². The predicted octanol–water partition coefficient (Wildman–Crippen LogP) is 0.380. The van der Waals surface area contributed by atoms with E-state index in [4.69, 9.17) is 5.73 Å². The molecule has 4 nitrogen and oxygen atoms in total. The van der Waals surface area contributed by atoms with Gasteiger partial charge in [0.15, 0.2) is 0 Å². The Morgan fingerprint density at radius 3 is 2.73 bits per heavy atom. The van der Waals surface area contributed by atoms with Crippen LogP contribution in [0.3, 0.4) is 0 Å². The number of nitrogens with zero attached hydrogens (tertiary/aromatic N) is 1. The molecule has 0 atom stereocenters. The van der Waals surface area contributed by atoms with Crippen LogP contribution < -0.4 is 11.1 Å². The summed E-state index contributed by atoms with van der Waals surface area (Å²) in [6.07, 6.45) is 0. The Bertz CT molecular complexity index is 335. The zero-order valence-electron chi connectivity index (χ0n) is 8.74. The van der Waals surface area contributed by atoms with Crippen LogP contribution in [-0.4, -0.2) is 36.2 Å². The van der Waals surface area contributed by atoms with Crippen LogP contribution >= 0.6 is 0 Å². The van der Waals surface area contributed by atoms with Crippen LogP contribution in [0.1, 0.15) is 5.56 Å². The summed E-state index contributed by atoms with van der Waals surface area (Å²) in [5.41, 5.74) is 7.14. The molecule has 1 saturated heterocycles. The van der Waals surface area contributed by atoms with Crippen LogP contribution in [0.5, 0.6) is 5.75 Å². The second-order valence-electron chi connectivity index (χ2n) is 3.91. The van der Waals surface area contributed by atoms with Gasteiger partial charge < -0.3 is 16.2 Å². The van der Waals surface area contributed by atoms with Crippen molar-refractivity contribution in [2.24, 2.45) is 0 Å². The standard InChI is InChI=1S/C11H17N3O/c12-10-2-1-9(11(15)7-10)8-14-5-3-13-4-6-14/h1-2,7,13,15H,3-6,8,12H2. The number of anilines is 1. The minimum absolute atomic E-state index is 0.300. The van der Waals surface area contributed by atoms with E-state index in [9.17, 15) is 5.11 Å². The van der Waals surface area contributed by atoms with Gasteiger partial charge in [-0.1, -0.05) is 6.07 Å². The predicted molar refractivity (Wildman–Crippen MR) is 60.7 cm³/mol. The Balaban J connectivity index is 2.03. The molecule has 1 fully saturated rings. The van der Waals surface area contributed by atoms with E-state index in [1.165, 1.54) is 0 Å². The second-order valence-corrected chi connectivity index (χ2v) is 3.91. The molecule has 0 bridgehead atoms. The maximum Gasteiger partial charge on any atom is 0.122 e. The van der Waals surface area contributed by atoms with Crippen molar-refractivity contribution in [3.8, 4) is 5.75 Å². The quantitative estimate of drug-likeness (QED) is 0.614. The van der Waals surface area contributed by atoms with E-state index in [0.29, 0.717) is 11.4 Å². The molecule has 0 spiro atoms. The van der Waals surface area contributed by atoms with Crippen LogP contribution in [0.25, 0.3) is 0 Å². The molecule has 0 unspecified atom stereocenters. The lowest BCUT2D eigenvalue weighted by molar-refractivity contribution is 0.230. The normalized spacial score (nSPS) is 17.9. The highest BCUT2D eigenvalue weighted by atomic mass is 16.3. The monoisotopic (exact) mass is 207 g/mol. The fourth-order valence-electron chi connectivity index (χ4n) is 1.82. The average molecular weight is 207 g/mol. The van der Waals surface area contributed by atoms with Gasteiger partial charge in [-0.2, -0.15) is 0 Å². The smallest absolute Gasteiger partial charge is 0.122 e. The molecule has 1 heterocycles. The first-order chi connectivity index (χ1) is 7.25. The maximum absolute atomic E-state index is 9.70. The van der Waals surface area contributed by atoms with Gasteiger partial charge in [0.05, 0.1) is 0 Å². The third kappa shape index (κ3) is 2.61. The van der Waals surface area contributed by atoms with Crippen molar-refractivity contribution in [3.05, 3.63) is 23.8 Å². The molecule has 1 aliphatic rings. The second kappa shape index (κ2) is 4.51. The topological polar surface area (TPSA) is 61.5 Å². The SMILES string of the molecule is Nc1ccc(CN2CCNCC2)c(O)c1. The molecule has 0 aliphatic carbocycles. The number of nitrogens with one attached hydrogen (secondary N) is 1. The lowest BCUT2D eigenvalue weighted by Crippen LogP contribution is -2.42. The summed E-state index contributed by atoms with van der Waals surface area (Å²) in [6, 6.07) is 5.33. The lowest BCUT2D eigenvalue weighted by Gasteiger charge is -2.27. The van der Waals surface area contributed by atoms with E-state index in [2.05, 4.69) is 10.2 Å². The zero-order valence-corrected chi connectivity index (χ0v) is 8.74. The van der Waals surface area contributed by atoms with Crippen molar-refractivity contribution >= 4 is 5.69 Å². The van der Waals surface area contributed by atoms with Crippen molar-refractivity contribution in [1.82, 2.24) is 10.2 Å². The highest BCUT2D eigenvalue weighted by Crippen LogP contribution is 2.21. The summed E-state index contributed by atoms with van der Waals surface area (Å²) in [7, 11) is 0. The maximum atomic E-state index is 9.70. The number of rotatable bonds is 2. The number of phenolic OH excluding ortho intramolecular Hbond substituents is 1. The summed E-state index contributed by atoms with van der Waals surface area (Å²) < 4.78 is 0. The Labute approximate surface area is 89.7 Å². The number of aromatic hydroxyl groups is 1. The molecule has 82 valence electrons. The highest BCUT2D eigenvalue weighted by Gasteiger charge is 2.11. The largest absolute Gasteiger partial charge is 0.508 e. The number of nitrogens with two attached hydrogens (primary N) is 1. The molecule has 1 aromatic rings. The minimum Gasteiger partial charge on any atom is -0.508 e. The van der Waals surface area contributed by atoms with Crippen LogP contribution in [0.2, 0.25) is 0 Å². The van der Waals surface area contributed by atoms with Crippen LogP contribution in [0, 0.1) is 0 Å². The first-order valence-corrected chi connectivity index (χ1v) is 5.26. The number of hydrogen-bond donors (Lipinski definition) is 3. The van der Waals surface area contributed by atoms with Crippen molar-refractivity contribution in [2.75, 3.05) is 31.9 Å². The van der Waals surface area contributed by atoms with E-state index in [1.54, 1.807) is 6.07 Å². The zero-order chi connectivity index (χ0) is 10.7. The van der Waals surface area contributed by atoms with Gasteiger partial charge in [0.1, 0.15) is 5.75 Å². The van der Waals surface area contributed by atoms with Crippen molar-refractivity contribution in [1.29, 1.82) is 0 Å². The van der Waals surface area contributed by atoms with E-state index >= 15 is 0 Å². The fraction of sp³-hybridized carbons (Fsp3) is 0.455. The molecule has 0 aromatic heterocycles. The van der Waals surface area contributed by atoms with Gasteiger partial charge in [-0.3, -0.25) is 4.90 Å². The van der Waals surface area contributed by atoms with Crippen LogP contribution in [0.15, 0.2) is 18.2 Å². The summed E-state index contributed by atoms with van der Waals surface area (Å²) in [5.74, 6) is 0.300. The summed E-state index contributed by atoms with van der Waals surface area (Å²) in [6.45, 7) is 4.91. The molecular formula is C11H17N3O. The molecule has 0 radical (unpaired) electrons. The number of piperazine rings is 1. The Hall–Kier alpha value is -1.26. The van der Waals surface area contributed by atoms with Gasteiger partial charge >= 0.3 is 0 Å². The lowest BCUT2D eigenvalue weighted by atomic mass is 10.1. The first kappa shape index (κ1) is 10.3. The fourth-order valence-corrected chi connectivity index (χ4v) is 1.82. The molecule has 4 N–H and O–H groups in total. The number of phenols is 1. The van der Waals surface area contributed by atoms with E-state index in [-0.39, 0.29) is 0 Å². The van der Waals surface area contributed by atoms with E-state index in [1.807, 2.05) is 12.1 Å². The molecule has 1 aromatic carbocycles. The average Bonchev–Trinajstić information content (AvgIpc) is 2.24. The number of hydrogen-bond acceptors (Lipinski definition) is 4. The minimum atomic E-state index is 0.300. The van der Waals surface area contributed by atoms with Gasteiger partial charge in [0.2, 0.25) is 0 Å². The summed E-state index contributed by atoms with van der Waals surface area (Å²) >= 11 is 0. The van der Waals surface area contributed by atoms with E-state index in [0.717, 1.165) is 38.3 Å². The van der Waals surface area contributed by atoms with Crippen LogP contribution in [-0.2, 0) is 6.54 Å². The molecule has 4 heteroatoms. The molecule has 15 heavy (non-hydrogen) atoms. The van der Waals surface area contributed by atoms with Gasteiger partial charge in [0, 0.05) is 50.0 Å². The molecule has 0 saturated carbocycles. The Morgan fingerprint density at radius 2 is 2.07 bits per heavy atom. The van der Waals surface area contributed by atoms with Gasteiger partial charge in [0.25, 0.3) is 0 Å². The summed E-state index contributed by atoms with van der Waals surface area (Å²) in [4.78, 5) is 2.32. The first-order valence-electron chi connectivity index (χ1n) is 5.26. The van der Waals surface area contributed by atoms with Crippen molar-refractivity contribution < 1.29 is 5.11 Å². The summed E-state index contributed by atoms with van der Waals surface area (Å²) in [5, 5.41) is 13.0. The molecule has 2 rings (SSSR count). The molecule has 1 aliphatic heterocycles.